The van der Waals surface area contributed by atoms with Crippen LogP contribution in [0.2, 0.25) is 0 Å². The van der Waals surface area contributed by atoms with E-state index >= 15 is 0 Å². The molecule has 0 nitrogen and oxygen atoms in total. The Balaban J connectivity index is 2.97. The van der Waals surface area contributed by atoms with E-state index in [9.17, 15) is 0 Å². The molecule has 2 heteroatoms. The standard InChI is InChI=1S/C15H22Cl2/c1-3-5-11-15(4-2,12-14(16)17)13-9-7-6-8-10-13/h6-10,14H,3-5,11-12H2,1-2H3. The highest BCUT2D eigenvalue weighted by molar-refractivity contribution is 6.44. The van der Waals surface area contributed by atoms with Crippen LogP contribution >= 0.6 is 23.2 Å². The van der Waals surface area contributed by atoms with Gasteiger partial charge in [-0.05, 0) is 30.2 Å². The summed E-state index contributed by atoms with van der Waals surface area (Å²) < 4.78 is 0. The molecule has 0 aliphatic rings. The first-order valence-corrected chi connectivity index (χ1v) is 7.35. The lowest BCUT2D eigenvalue weighted by Gasteiger charge is -2.34. The molecule has 0 aliphatic heterocycles. The Kier molecular flexibility index (Phi) is 6.37. The third-order valence-electron chi connectivity index (χ3n) is 3.62. The molecule has 96 valence electrons. The summed E-state index contributed by atoms with van der Waals surface area (Å²) in [6, 6.07) is 10.7. The van der Waals surface area contributed by atoms with Crippen molar-refractivity contribution in [1.29, 1.82) is 0 Å². The molecule has 0 saturated heterocycles. The Morgan fingerprint density at radius 1 is 1.12 bits per heavy atom. The minimum absolute atomic E-state index is 0.144. The Bertz CT molecular complexity index is 308. The van der Waals surface area contributed by atoms with Gasteiger partial charge in [-0.1, -0.05) is 57.0 Å². The predicted octanol–water partition coefficient (Wildman–Crippen LogP) is 5.72. The van der Waals surface area contributed by atoms with Crippen LogP contribution in [0.25, 0.3) is 0 Å². The summed E-state index contributed by atoms with van der Waals surface area (Å²) >= 11 is 12.1. The number of alkyl halides is 2. The molecule has 17 heavy (non-hydrogen) atoms. The van der Waals surface area contributed by atoms with Gasteiger partial charge in [-0.25, -0.2) is 0 Å². The molecular weight excluding hydrogens is 251 g/mol. The molecule has 1 aromatic rings. The summed E-state index contributed by atoms with van der Waals surface area (Å²) in [4.78, 5) is -0.285. The molecule has 1 aromatic carbocycles. The Hall–Kier alpha value is -0.200. The zero-order chi connectivity index (χ0) is 12.7. The average molecular weight is 273 g/mol. The van der Waals surface area contributed by atoms with Gasteiger partial charge in [0, 0.05) is 0 Å². The highest BCUT2D eigenvalue weighted by Gasteiger charge is 2.31. The third kappa shape index (κ3) is 4.19. The minimum Gasteiger partial charge on any atom is -0.105 e. The molecule has 0 aromatic heterocycles. The molecule has 0 aliphatic carbocycles. The van der Waals surface area contributed by atoms with Crippen molar-refractivity contribution in [3.63, 3.8) is 0 Å². The van der Waals surface area contributed by atoms with Crippen LogP contribution in [0.3, 0.4) is 0 Å². The van der Waals surface area contributed by atoms with Crippen molar-refractivity contribution < 1.29 is 0 Å². The lowest BCUT2D eigenvalue weighted by molar-refractivity contribution is 0.349. The van der Waals surface area contributed by atoms with Crippen molar-refractivity contribution in [2.45, 2.75) is 56.2 Å². The fourth-order valence-corrected chi connectivity index (χ4v) is 3.08. The Labute approximate surface area is 115 Å². The van der Waals surface area contributed by atoms with Crippen LogP contribution in [0.15, 0.2) is 30.3 Å². The van der Waals surface area contributed by atoms with Crippen LogP contribution in [0.5, 0.6) is 0 Å². The lowest BCUT2D eigenvalue weighted by atomic mass is 9.72. The van der Waals surface area contributed by atoms with E-state index in [4.69, 9.17) is 23.2 Å². The maximum absolute atomic E-state index is 6.04. The molecular formula is C15H22Cl2. The summed E-state index contributed by atoms with van der Waals surface area (Å²) in [5.41, 5.74) is 1.52. The van der Waals surface area contributed by atoms with Gasteiger partial charge in [0.1, 0.15) is 4.84 Å². The van der Waals surface area contributed by atoms with Gasteiger partial charge in [-0.15, -0.1) is 23.2 Å². The van der Waals surface area contributed by atoms with E-state index in [1.54, 1.807) is 0 Å². The van der Waals surface area contributed by atoms with Gasteiger partial charge < -0.3 is 0 Å². The highest BCUT2D eigenvalue weighted by atomic mass is 35.5. The summed E-state index contributed by atoms with van der Waals surface area (Å²) in [5, 5.41) is 0. The van der Waals surface area contributed by atoms with E-state index in [2.05, 4.69) is 44.2 Å². The SMILES string of the molecule is CCCCC(CC)(CC(Cl)Cl)c1ccccc1. The largest absolute Gasteiger partial charge is 0.108 e. The van der Waals surface area contributed by atoms with Crippen LogP contribution in [-0.2, 0) is 5.41 Å². The van der Waals surface area contributed by atoms with E-state index in [0.717, 1.165) is 12.8 Å². The number of unbranched alkanes of at least 4 members (excludes halogenated alkanes) is 1. The molecule has 0 heterocycles. The number of hydrogen-bond acceptors (Lipinski definition) is 0. The van der Waals surface area contributed by atoms with Crippen molar-refractivity contribution >= 4 is 23.2 Å². The van der Waals surface area contributed by atoms with Crippen LogP contribution < -0.4 is 0 Å². The average Bonchev–Trinajstić information content (AvgIpc) is 2.35. The van der Waals surface area contributed by atoms with Crippen LogP contribution in [0.4, 0.5) is 0 Å². The van der Waals surface area contributed by atoms with Gasteiger partial charge in [-0.3, -0.25) is 0 Å². The predicted molar refractivity (Wildman–Crippen MR) is 78.0 cm³/mol. The fraction of sp³-hybridized carbons (Fsp3) is 0.600. The molecule has 1 rings (SSSR count). The number of benzene rings is 1. The van der Waals surface area contributed by atoms with Crippen molar-refractivity contribution in [2.24, 2.45) is 0 Å². The van der Waals surface area contributed by atoms with E-state index in [1.165, 1.54) is 24.8 Å². The lowest BCUT2D eigenvalue weighted by Crippen LogP contribution is -2.27. The summed E-state index contributed by atoms with van der Waals surface area (Å²) in [7, 11) is 0. The van der Waals surface area contributed by atoms with E-state index in [0.29, 0.717) is 0 Å². The smallest absolute Gasteiger partial charge is 0.105 e. The van der Waals surface area contributed by atoms with Gasteiger partial charge in [0.25, 0.3) is 0 Å². The fourth-order valence-electron chi connectivity index (χ4n) is 2.49. The van der Waals surface area contributed by atoms with Crippen molar-refractivity contribution in [2.75, 3.05) is 0 Å². The molecule has 0 fully saturated rings. The number of halogens is 2. The maximum atomic E-state index is 6.04. The second-order valence-electron chi connectivity index (χ2n) is 4.70. The summed E-state index contributed by atoms with van der Waals surface area (Å²) in [6.45, 7) is 4.46. The number of rotatable bonds is 7. The van der Waals surface area contributed by atoms with Gasteiger partial charge in [0.2, 0.25) is 0 Å². The molecule has 0 N–H and O–H groups in total. The first-order valence-electron chi connectivity index (χ1n) is 6.48. The van der Waals surface area contributed by atoms with Crippen molar-refractivity contribution in [3.05, 3.63) is 35.9 Å². The van der Waals surface area contributed by atoms with Gasteiger partial charge in [0.15, 0.2) is 0 Å². The quantitative estimate of drug-likeness (QED) is 0.557. The van der Waals surface area contributed by atoms with E-state index < -0.39 is 0 Å². The van der Waals surface area contributed by atoms with Crippen molar-refractivity contribution in [1.82, 2.24) is 0 Å². The summed E-state index contributed by atoms with van der Waals surface area (Å²) in [6.07, 6.45) is 5.54. The van der Waals surface area contributed by atoms with Crippen LogP contribution in [0.1, 0.15) is 51.5 Å². The van der Waals surface area contributed by atoms with Crippen LogP contribution in [-0.4, -0.2) is 4.84 Å². The normalized spacial score (nSPS) is 14.9. The Morgan fingerprint density at radius 3 is 2.24 bits per heavy atom. The molecule has 0 radical (unpaired) electrons. The monoisotopic (exact) mass is 272 g/mol. The second kappa shape index (κ2) is 7.28. The number of hydrogen-bond donors (Lipinski definition) is 0. The molecule has 0 spiro atoms. The molecule has 0 saturated carbocycles. The summed E-state index contributed by atoms with van der Waals surface area (Å²) in [5.74, 6) is 0. The van der Waals surface area contributed by atoms with Gasteiger partial charge >= 0.3 is 0 Å². The maximum Gasteiger partial charge on any atom is 0.108 e. The third-order valence-corrected chi connectivity index (χ3v) is 3.93. The topological polar surface area (TPSA) is 0 Å². The van der Waals surface area contributed by atoms with Gasteiger partial charge in [-0.2, -0.15) is 0 Å². The zero-order valence-electron chi connectivity index (χ0n) is 10.8. The highest BCUT2D eigenvalue weighted by Crippen LogP contribution is 2.39. The Morgan fingerprint density at radius 2 is 1.76 bits per heavy atom. The van der Waals surface area contributed by atoms with Gasteiger partial charge in [0.05, 0.1) is 0 Å². The van der Waals surface area contributed by atoms with Crippen LogP contribution in [0, 0.1) is 0 Å². The van der Waals surface area contributed by atoms with E-state index in [1.807, 2.05) is 0 Å². The zero-order valence-corrected chi connectivity index (χ0v) is 12.3. The molecule has 0 bridgehead atoms. The second-order valence-corrected chi connectivity index (χ2v) is 5.98. The van der Waals surface area contributed by atoms with E-state index in [-0.39, 0.29) is 10.3 Å². The first kappa shape index (κ1) is 14.9. The first-order chi connectivity index (χ1) is 8.14. The molecule has 1 unspecified atom stereocenters. The molecule has 0 amide bonds. The molecule has 1 atom stereocenters. The van der Waals surface area contributed by atoms with Crippen molar-refractivity contribution in [3.8, 4) is 0 Å². The minimum atomic E-state index is -0.285.